The maximum atomic E-state index is 12.6. The van der Waals surface area contributed by atoms with Crippen molar-refractivity contribution in [2.45, 2.75) is 19.5 Å². The lowest BCUT2D eigenvalue weighted by Crippen LogP contribution is -2.38. The lowest BCUT2D eigenvalue weighted by Gasteiger charge is -2.23. The van der Waals surface area contributed by atoms with E-state index in [1.807, 2.05) is 19.1 Å². The van der Waals surface area contributed by atoms with Crippen molar-refractivity contribution < 1.29 is 9.59 Å². The summed E-state index contributed by atoms with van der Waals surface area (Å²) in [6.07, 6.45) is 0. The molecular weight excluding hydrogens is 312 g/mol. The van der Waals surface area contributed by atoms with Gasteiger partial charge in [0.2, 0.25) is 5.91 Å². The minimum Gasteiger partial charge on any atom is -0.350 e. The molecule has 5 heteroatoms. The summed E-state index contributed by atoms with van der Waals surface area (Å²) in [6.45, 7) is 2.73. The predicted molar refractivity (Wildman–Crippen MR) is 88.0 cm³/mol. The summed E-state index contributed by atoms with van der Waals surface area (Å²) in [6, 6.07) is 14.9. The maximum absolute atomic E-state index is 12.6. The fraction of sp³-hybridized carbons (Fsp3) is 0.222. The van der Waals surface area contributed by atoms with Crippen molar-refractivity contribution in [2.75, 3.05) is 6.54 Å². The normalized spacial score (nSPS) is 16.3. The van der Waals surface area contributed by atoms with E-state index >= 15 is 0 Å². The fourth-order valence-corrected chi connectivity index (χ4v) is 2.90. The molecule has 0 fully saturated rings. The monoisotopic (exact) mass is 327 g/mol. The molecule has 1 atom stereocenters. The number of carbonyl (C=O) groups excluding carboxylic acids is 2. The van der Waals surface area contributed by atoms with Gasteiger partial charge < -0.3 is 10.2 Å². The van der Waals surface area contributed by atoms with E-state index in [9.17, 15) is 9.59 Å². The largest absolute Gasteiger partial charge is 0.350 e. The van der Waals surface area contributed by atoms with Crippen molar-refractivity contribution in [1.29, 1.82) is 0 Å². The first-order valence-electron chi connectivity index (χ1n) is 7.45. The van der Waals surface area contributed by atoms with E-state index in [1.54, 1.807) is 35.2 Å². The number of amides is 2. The zero-order valence-electron chi connectivity index (χ0n) is 12.7. The summed E-state index contributed by atoms with van der Waals surface area (Å²) in [5.41, 5.74) is 2.15. The van der Waals surface area contributed by atoms with Gasteiger partial charge in [-0.2, -0.15) is 0 Å². The van der Waals surface area contributed by atoms with E-state index in [-0.39, 0.29) is 11.8 Å². The van der Waals surface area contributed by atoms with Gasteiger partial charge in [0.25, 0.3) is 5.91 Å². The summed E-state index contributed by atoms with van der Waals surface area (Å²) in [4.78, 5) is 26.5. The summed E-state index contributed by atoms with van der Waals surface area (Å²) < 4.78 is 0. The first kappa shape index (κ1) is 15.6. The van der Waals surface area contributed by atoms with Gasteiger partial charge in [0, 0.05) is 29.2 Å². The molecule has 2 amide bonds. The molecule has 0 bridgehead atoms. The number of nitrogens with zero attached hydrogens (tertiary/aromatic N) is 1. The van der Waals surface area contributed by atoms with Gasteiger partial charge in [-0.1, -0.05) is 35.9 Å². The minimum absolute atomic E-state index is 0.119. The smallest absolute Gasteiger partial charge is 0.255 e. The number of hydrogen-bond donors (Lipinski definition) is 1. The van der Waals surface area contributed by atoms with Crippen LogP contribution in [-0.2, 0) is 11.3 Å². The highest BCUT2D eigenvalue weighted by Gasteiger charge is 2.39. The Morgan fingerprint density at radius 1 is 1.30 bits per heavy atom. The molecule has 1 N–H and O–H groups in total. The van der Waals surface area contributed by atoms with Gasteiger partial charge in [-0.25, -0.2) is 0 Å². The predicted octanol–water partition coefficient (Wildman–Crippen LogP) is 2.97. The van der Waals surface area contributed by atoms with E-state index in [0.29, 0.717) is 29.2 Å². The highest BCUT2D eigenvalue weighted by atomic mass is 35.5. The van der Waals surface area contributed by atoms with Gasteiger partial charge in [0.15, 0.2) is 0 Å². The van der Waals surface area contributed by atoms with Crippen LogP contribution in [0.25, 0.3) is 0 Å². The third kappa shape index (κ3) is 2.94. The molecule has 4 nitrogen and oxygen atoms in total. The van der Waals surface area contributed by atoms with Crippen molar-refractivity contribution >= 4 is 23.4 Å². The Balaban J connectivity index is 1.78. The molecule has 1 radical (unpaired) electrons. The Morgan fingerprint density at radius 3 is 2.74 bits per heavy atom. The third-order valence-corrected chi connectivity index (χ3v) is 4.19. The van der Waals surface area contributed by atoms with Crippen LogP contribution in [0.2, 0.25) is 5.02 Å². The van der Waals surface area contributed by atoms with Crippen molar-refractivity contribution in [2.24, 2.45) is 0 Å². The first-order chi connectivity index (χ1) is 11.1. The zero-order chi connectivity index (χ0) is 16.4. The minimum atomic E-state index is -0.615. The van der Waals surface area contributed by atoms with Crippen LogP contribution >= 0.6 is 11.6 Å². The van der Waals surface area contributed by atoms with Crippen molar-refractivity contribution in [3.05, 3.63) is 70.2 Å². The number of fused-ring (bicyclic) bond motifs is 1. The van der Waals surface area contributed by atoms with Crippen LogP contribution in [-0.4, -0.2) is 23.3 Å². The Kier molecular flexibility index (Phi) is 4.35. The maximum Gasteiger partial charge on any atom is 0.255 e. The molecule has 0 spiro atoms. The highest BCUT2D eigenvalue weighted by Crippen LogP contribution is 2.33. The quantitative estimate of drug-likeness (QED) is 0.938. The molecule has 2 aromatic carbocycles. The molecule has 1 unspecified atom stereocenters. The number of hydrogen-bond acceptors (Lipinski definition) is 2. The van der Waals surface area contributed by atoms with Crippen LogP contribution in [0, 0.1) is 6.07 Å². The molecule has 0 aliphatic carbocycles. The third-order valence-electron chi connectivity index (χ3n) is 3.93. The number of rotatable bonds is 4. The van der Waals surface area contributed by atoms with E-state index in [0.717, 1.165) is 5.56 Å². The highest BCUT2D eigenvalue weighted by molar-refractivity contribution is 6.30. The number of carbonyl (C=O) groups is 2. The van der Waals surface area contributed by atoms with Crippen molar-refractivity contribution in [3.8, 4) is 0 Å². The molecule has 117 valence electrons. The second kappa shape index (κ2) is 6.42. The van der Waals surface area contributed by atoms with E-state index in [4.69, 9.17) is 11.6 Å². The number of halogens is 1. The molecule has 1 aliphatic heterocycles. The Labute approximate surface area is 140 Å². The fourth-order valence-electron chi connectivity index (χ4n) is 2.78. The second-order valence-electron chi connectivity index (χ2n) is 5.34. The van der Waals surface area contributed by atoms with Crippen LogP contribution in [0.15, 0.2) is 42.5 Å². The van der Waals surface area contributed by atoms with Gasteiger partial charge in [-0.15, -0.1) is 0 Å². The lowest BCUT2D eigenvalue weighted by molar-refractivity contribution is -0.125. The second-order valence-corrected chi connectivity index (χ2v) is 5.77. The number of benzene rings is 2. The van der Waals surface area contributed by atoms with Crippen LogP contribution in [0.5, 0.6) is 0 Å². The van der Waals surface area contributed by atoms with Gasteiger partial charge in [-0.05, 0) is 36.8 Å². The van der Waals surface area contributed by atoms with E-state index in [2.05, 4.69) is 11.4 Å². The van der Waals surface area contributed by atoms with Gasteiger partial charge >= 0.3 is 0 Å². The zero-order valence-corrected chi connectivity index (χ0v) is 13.4. The molecule has 0 saturated carbocycles. The summed E-state index contributed by atoms with van der Waals surface area (Å²) >= 11 is 5.85. The molecule has 1 heterocycles. The van der Waals surface area contributed by atoms with Crippen LogP contribution in [0.1, 0.15) is 34.5 Å². The molecule has 0 saturated heterocycles. The summed E-state index contributed by atoms with van der Waals surface area (Å²) in [5, 5.41) is 3.54. The molecular formula is C18H16ClN2O2. The van der Waals surface area contributed by atoms with Crippen LogP contribution in [0.4, 0.5) is 0 Å². The Bertz CT molecular complexity index is 743. The topological polar surface area (TPSA) is 49.4 Å². The van der Waals surface area contributed by atoms with E-state index in [1.165, 1.54) is 0 Å². The van der Waals surface area contributed by atoms with Gasteiger partial charge in [0.05, 0.1) is 0 Å². The van der Waals surface area contributed by atoms with Crippen LogP contribution in [0.3, 0.4) is 0 Å². The standard InChI is InChI=1S/C18H16ClN2O2/c1-2-21-16(14-5-3-4-6-15(14)18(21)23)17(22)20-11-12-7-9-13(19)10-8-12/h3-4,6-10,16H,2,11H2,1H3,(H,20,22). The lowest BCUT2D eigenvalue weighted by atomic mass is 10.0. The van der Waals surface area contributed by atoms with Gasteiger partial charge in [0.1, 0.15) is 6.04 Å². The van der Waals surface area contributed by atoms with Gasteiger partial charge in [-0.3, -0.25) is 9.59 Å². The Hall–Kier alpha value is -2.33. The van der Waals surface area contributed by atoms with E-state index < -0.39 is 6.04 Å². The average Bonchev–Trinajstić information content (AvgIpc) is 2.86. The van der Waals surface area contributed by atoms with Crippen molar-refractivity contribution in [3.63, 3.8) is 0 Å². The molecule has 2 aromatic rings. The van der Waals surface area contributed by atoms with Crippen LogP contribution < -0.4 is 5.32 Å². The number of nitrogens with one attached hydrogen (secondary N) is 1. The molecule has 1 aliphatic rings. The SMILES string of the molecule is CCN1C(=O)c2ccc[c]c2C1C(=O)NCc1ccc(Cl)cc1. The van der Waals surface area contributed by atoms with Crippen molar-refractivity contribution in [1.82, 2.24) is 10.2 Å². The Morgan fingerprint density at radius 2 is 2.04 bits per heavy atom. The first-order valence-corrected chi connectivity index (χ1v) is 7.83. The summed E-state index contributed by atoms with van der Waals surface area (Å²) in [5.74, 6) is -0.317. The summed E-state index contributed by atoms with van der Waals surface area (Å²) in [7, 11) is 0. The average molecular weight is 328 g/mol. The number of likely N-dealkylation sites (N-methyl/N-ethyl adjacent to an activating group) is 1. The molecule has 3 rings (SSSR count). The molecule has 0 aromatic heterocycles. The molecule has 23 heavy (non-hydrogen) atoms.